The third kappa shape index (κ3) is 4.21. The summed E-state index contributed by atoms with van der Waals surface area (Å²) in [5.41, 5.74) is 5.30. The summed E-state index contributed by atoms with van der Waals surface area (Å²) in [5.74, 6) is -0.264. The number of hydrogen-bond donors (Lipinski definition) is 2. The molecule has 1 rings (SSSR count). The van der Waals surface area contributed by atoms with E-state index < -0.39 is 15.9 Å². The van der Waals surface area contributed by atoms with Crippen molar-refractivity contribution in [2.24, 2.45) is 11.7 Å². The van der Waals surface area contributed by atoms with E-state index in [1.807, 2.05) is 13.8 Å². The molecule has 0 atom stereocenters. The Labute approximate surface area is 119 Å². The highest BCUT2D eigenvalue weighted by atomic mass is 32.2. The zero-order valence-electron chi connectivity index (χ0n) is 11.8. The number of amides is 1. The first-order valence-corrected chi connectivity index (χ1v) is 7.82. The number of nitrogens with two attached hydrogens (primary N) is 1. The Morgan fingerprint density at radius 2 is 2.05 bits per heavy atom. The van der Waals surface area contributed by atoms with Gasteiger partial charge < -0.3 is 10.5 Å². The highest BCUT2D eigenvalue weighted by Crippen LogP contribution is 2.22. The van der Waals surface area contributed by atoms with Gasteiger partial charge in [0.2, 0.25) is 10.0 Å². The quantitative estimate of drug-likeness (QED) is 0.788. The van der Waals surface area contributed by atoms with Crippen LogP contribution in [0, 0.1) is 5.92 Å². The number of ether oxygens (including phenoxy) is 1. The molecular weight excluding hydrogens is 280 g/mol. The molecule has 0 fully saturated rings. The van der Waals surface area contributed by atoms with Crippen molar-refractivity contribution in [3.63, 3.8) is 0 Å². The smallest absolute Gasteiger partial charge is 0.252 e. The molecule has 7 heteroatoms. The van der Waals surface area contributed by atoms with Gasteiger partial charge in [0, 0.05) is 6.54 Å². The Morgan fingerprint density at radius 3 is 2.55 bits per heavy atom. The summed E-state index contributed by atoms with van der Waals surface area (Å²) in [6.45, 7) is 6.24. The number of sulfonamides is 1. The molecule has 0 spiro atoms. The zero-order chi connectivity index (χ0) is 15.3. The van der Waals surface area contributed by atoms with Crippen LogP contribution in [-0.2, 0) is 10.0 Å². The minimum Gasteiger partial charge on any atom is -0.493 e. The SMILES string of the molecule is CCOc1ccc(S(=O)(=O)NCC(C)C)cc1C(N)=O. The first kappa shape index (κ1) is 16.5. The van der Waals surface area contributed by atoms with E-state index in [0.717, 1.165) is 0 Å². The van der Waals surface area contributed by atoms with Gasteiger partial charge in [-0.05, 0) is 31.0 Å². The molecule has 1 amide bonds. The average Bonchev–Trinajstić information content (AvgIpc) is 2.37. The summed E-state index contributed by atoms with van der Waals surface area (Å²) in [5, 5.41) is 0. The predicted molar refractivity (Wildman–Crippen MR) is 76.2 cm³/mol. The van der Waals surface area contributed by atoms with Gasteiger partial charge >= 0.3 is 0 Å². The van der Waals surface area contributed by atoms with Crippen LogP contribution in [0.1, 0.15) is 31.1 Å². The first-order chi connectivity index (χ1) is 9.27. The second-order valence-electron chi connectivity index (χ2n) is 4.70. The van der Waals surface area contributed by atoms with E-state index in [0.29, 0.717) is 13.2 Å². The van der Waals surface area contributed by atoms with Gasteiger partial charge in [-0.2, -0.15) is 0 Å². The maximum Gasteiger partial charge on any atom is 0.252 e. The summed E-state index contributed by atoms with van der Waals surface area (Å²) in [7, 11) is -3.66. The minimum atomic E-state index is -3.66. The topological polar surface area (TPSA) is 98.5 Å². The molecule has 0 bridgehead atoms. The third-order valence-corrected chi connectivity index (χ3v) is 3.93. The molecule has 0 aliphatic rings. The van der Waals surface area contributed by atoms with Gasteiger partial charge in [-0.25, -0.2) is 13.1 Å². The van der Waals surface area contributed by atoms with Crippen molar-refractivity contribution in [1.82, 2.24) is 4.72 Å². The molecule has 0 unspecified atom stereocenters. The van der Waals surface area contributed by atoms with Crippen molar-refractivity contribution < 1.29 is 17.9 Å². The number of nitrogens with one attached hydrogen (secondary N) is 1. The van der Waals surface area contributed by atoms with Crippen LogP contribution in [0.4, 0.5) is 0 Å². The number of carbonyl (C=O) groups is 1. The second-order valence-corrected chi connectivity index (χ2v) is 6.47. The largest absolute Gasteiger partial charge is 0.493 e. The Hall–Kier alpha value is -1.60. The van der Waals surface area contributed by atoms with Crippen LogP contribution in [0.5, 0.6) is 5.75 Å². The third-order valence-electron chi connectivity index (χ3n) is 2.51. The van der Waals surface area contributed by atoms with Gasteiger partial charge in [0.05, 0.1) is 17.1 Å². The van der Waals surface area contributed by atoms with E-state index >= 15 is 0 Å². The summed E-state index contributed by atoms with van der Waals surface area (Å²) < 4.78 is 31.9. The maximum atomic E-state index is 12.1. The van der Waals surface area contributed by atoms with Crippen LogP contribution < -0.4 is 15.2 Å². The standard InChI is InChI=1S/C13H20N2O4S/c1-4-19-12-6-5-10(7-11(12)13(14)16)20(17,18)15-8-9(2)3/h5-7,9,15H,4,8H2,1-3H3,(H2,14,16). The highest BCUT2D eigenvalue weighted by Gasteiger charge is 2.18. The summed E-state index contributed by atoms with van der Waals surface area (Å²) in [6, 6.07) is 4.06. The summed E-state index contributed by atoms with van der Waals surface area (Å²) >= 11 is 0. The van der Waals surface area contributed by atoms with Crippen LogP contribution in [0.2, 0.25) is 0 Å². The van der Waals surface area contributed by atoms with Crippen molar-refractivity contribution in [3.8, 4) is 5.75 Å². The number of rotatable bonds is 7. The number of hydrogen-bond acceptors (Lipinski definition) is 4. The average molecular weight is 300 g/mol. The number of carbonyl (C=O) groups excluding carboxylic acids is 1. The molecule has 20 heavy (non-hydrogen) atoms. The van der Waals surface area contributed by atoms with Crippen LogP contribution in [0.3, 0.4) is 0 Å². The molecule has 6 nitrogen and oxygen atoms in total. The fraction of sp³-hybridized carbons (Fsp3) is 0.462. The van der Waals surface area contributed by atoms with Crippen LogP contribution in [0.25, 0.3) is 0 Å². The molecule has 3 N–H and O–H groups in total. The molecule has 112 valence electrons. The predicted octanol–water partition coefficient (Wildman–Crippen LogP) is 1.12. The highest BCUT2D eigenvalue weighted by molar-refractivity contribution is 7.89. The van der Waals surface area contributed by atoms with Crippen molar-refractivity contribution in [3.05, 3.63) is 23.8 Å². The van der Waals surface area contributed by atoms with E-state index in [2.05, 4.69) is 4.72 Å². The van der Waals surface area contributed by atoms with E-state index in [4.69, 9.17) is 10.5 Å². The molecule has 0 saturated heterocycles. The Bertz CT molecular complexity index is 582. The minimum absolute atomic E-state index is 0.00426. The molecule has 1 aromatic rings. The van der Waals surface area contributed by atoms with Crippen LogP contribution in [0.15, 0.2) is 23.1 Å². The van der Waals surface area contributed by atoms with Gasteiger partial charge in [0.15, 0.2) is 0 Å². The van der Waals surface area contributed by atoms with Crippen molar-refractivity contribution in [1.29, 1.82) is 0 Å². The van der Waals surface area contributed by atoms with Gasteiger partial charge in [-0.15, -0.1) is 0 Å². The fourth-order valence-corrected chi connectivity index (χ4v) is 2.75. The Balaban J connectivity index is 3.14. The van der Waals surface area contributed by atoms with E-state index in [9.17, 15) is 13.2 Å². The molecule has 0 aromatic heterocycles. The Morgan fingerprint density at radius 1 is 1.40 bits per heavy atom. The molecule has 0 aliphatic carbocycles. The van der Waals surface area contributed by atoms with Gasteiger partial charge in [0.25, 0.3) is 5.91 Å². The van der Waals surface area contributed by atoms with Gasteiger partial charge in [-0.1, -0.05) is 13.8 Å². The van der Waals surface area contributed by atoms with E-state index in [1.54, 1.807) is 6.92 Å². The van der Waals surface area contributed by atoms with Crippen molar-refractivity contribution in [2.75, 3.05) is 13.2 Å². The Kier molecular flexibility index (Phi) is 5.52. The zero-order valence-corrected chi connectivity index (χ0v) is 12.7. The second kappa shape index (κ2) is 6.71. The van der Waals surface area contributed by atoms with Crippen molar-refractivity contribution >= 4 is 15.9 Å². The fourth-order valence-electron chi connectivity index (χ4n) is 1.51. The number of primary amides is 1. The van der Waals surface area contributed by atoms with E-state index in [1.165, 1.54) is 18.2 Å². The summed E-state index contributed by atoms with van der Waals surface area (Å²) in [4.78, 5) is 11.4. The van der Waals surface area contributed by atoms with Gasteiger partial charge in [-0.3, -0.25) is 4.79 Å². The lowest BCUT2D eigenvalue weighted by molar-refractivity contribution is 0.0996. The molecule has 0 heterocycles. The van der Waals surface area contributed by atoms with Crippen LogP contribution >= 0.6 is 0 Å². The lowest BCUT2D eigenvalue weighted by Gasteiger charge is -2.12. The molecule has 1 aromatic carbocycles. The molecular formula is C13H20N2O4S. The molecule has 0 aliphatic heterocycles. The van der Waals surface area contributed by atoms with E-state index in [-0.39, 0.29) is 22.1 Å². The van der Waals surface area contributed by atoms with Crippen LogP contribution in [-0.4, -0.2) is 27.5 Å². The first-order valence-electron chi connectivity index (χ1n) is 6.34. The molecule has 0 saturated carbocycles. The van der Waals surface area contributed by atoms with Gasteiger partial charge in [0.1, 0.15) is 5.75 Å². The number of benzene rings is 1. The maximum absolute atomic E-state index is 12.1. The molecule has 0 radical (unpaired) electrons. The monoisotopic (exact) mass is 300 g/mol. The lowest BCUT2D eigenvalue weighted by atomic mass is 10.2. The lowest BCUT2D eigenvalue weighted by Crippen LogP contribution is -2.28. The normalized spacial score (nSPS) is 11.6. The summed E-state index contributed by atoms with van der Waals surface area (Å²) in [6.07, 6.45) is 0. The van der Waals surface area contributed by atoms with Crippen molar-refractivity contribution in [2.45, 2.75) is 25.7 Å².